The minimum atomic E-state index is -0.833. The van der Waals surface area contributed by atoms with Crippen LogP contribution in [0.5, 0.6) is 0 Å². The van der Waals surface area contributed by atoms with Crippen molar-refractivity contribution in [1.29, 1.82) is 0 Å². The molecule has 1 aliphatic carbocycles. The number of epoxide rings is 1. The minimum absolute atomic E-state index is 0.273. The van der Waals surface area contributed by atoms with Gasteiger partial charge in [-0.05, 0) is 12.5 Å². The lowest BCUT2D eigenvalue weighted by Gasteiger charge is -2.26. The first-order valence-corrected chi connectivity index (χ1v) is 4.85. The van der Waals surface area contributed by atoms with E-state index in [1.165, 1.54) is 0 Å². The van der Waals surface area contributed by atoms with Gasteiger partial charge in [-0.1, -0.05) is 15.9 Å². The monoisotopic (exact) mass is 250 g/mol. The van der Waals surface area contributed by atoms with Crippen molar-refractivity contribution < 1.29 is 20.1 Å². The molecule has 0 aromatic carbocycles. The van der Waals surface area contributed by atoms with E-state index in [-0.39, 0.29) is 12.7 Å². The molecular weight excluding hydrogens is 240 g/mol. The van der Waals surface area contributed by atoms with Crippen LogP contribution in [0.25, 0.3) is 0 Å². The van der Waals surface area contributed by atoms with Crippen molar-refractivity contribution in [1.82, 2.24) is 0 Å². The maximum Gasteiger partial charge on any atom is 0.125 e. The van der Waals surface area contributed by atoms with Crippen LogP contribution in [-0.4, -0.2) is 45.8 Å². The van der Waals surface area contributed by atoms with E-state index in [0.29, 0.717) is 10.1 Å². The molecule has 0 aromatic rings. The Kier molecular flexibility index (Phi) is 2.05. The van der Waals surface area contributed by atoms with Gasteiger partial charge in [0.25, 0.3) is 0 Å². The number of halogens is 1. The number of hydrogen-bond acceptors (Lipinski definition) is 4. The fraction of sp³-hybridized carbons (Fsp3) is 0.750. The highest BCUT2D eigenvalue weighted by atomic mass is 79.9. The zero-order valence-electron chi connectivity index (χ0n) is 7.07. The van der Waals surface area contributed by atoms with Crippen LogP contribution in [0.15, 0.2) is 10.1 Å². The first-order chi connectivity index (χ1) is 6.02. The summed E-state index contributed by atoms with van der Waals surface area (Å²) in [5.41, 5.74) is -0.307. The van der Waals surface area contributed by atoms with Gasteiger partial charge in [0.15, 0.2) is 0 Å². The van der Waals surface area contributed by atoms with E-state index in [9.17, 15) is 10.2 Å². The first kappa shape index (κ1) is 9.61. The zero-order valence-corrected chi connectivity index (χ0v) is 8.65. The Labute approximate surface area is 84.0 Å². The molecule has 74 valence electrons. The Morgan fingerprint density at radius 3 is 2.69 bits per heavy atom. The Morgan fingerprint density at radius 2 is 2.15 bits per heavy atom. The van der Waals surface area contributed by atoms with E-state index >= 15 is 0 Å². The number of rotatable bonds is 1. The molecule has 2 rings (SSSR count). The number of fused-ring (bicyclic) bond motifs is 1. The minimum Gasteiger partial charge on any atom is -0.392 e. The summed E-state index contributed by atoms with van der Waals surface area (Å²) in [6, 6.07) is 0. The van der Waals surface area contributed by atoms with Gasteiger partial charge in [0.1, 0.15) is 23.9 Å². The summed E-state index contributed by atoms with van der Waals surface area (Å²) in [4.78, 5) is 0. The van der Waals surface area contributed by atoms with Crippen LogP contribution in [-0.2, 0) is 4.74 Å². The van der Waals surface area contributed by atoms with Gasteiger partial charge in [0.2, 0.25) is 0 Å². The van der Waals surface area contributed by atoms with Crippen LogP contribution in [0.4, 0.5) is 0 Å². The van der Waals surface area contributed by atoms with E-state index in [1.54, 1.807) is 6.92 Å². The number of aliphatic hydroxyl groups is 3. The molecule has 13 heavy (non-hydrogen) atoms. The van der Waals surface area contributed by atoms with Gasteiger partial charge >= 0.3 is 0 Å². The Morgan fingerprint density at radius 1 is 1.54 bits per heavy atom. The number of aliphatic hydroxyl groups excluding tert-OH is 3. The molecular formula is C8H11BrO4. The van der Waals surface area contributed by atoms with Crippen molar-refractivity contribution >= 4 is 15.9 Å². The summed E-state index contributed by atoms with van der Waals surface area (Å²) in [6.07, 6.45) is -1.96. The standard InChI is InChI=1S/C8H11BrO4/c1-8-6(12)3(2-10)4(9)5(11)7(8)13-8/h5-7,10-12H,2H2,1H3/t5-,6+,7-,8+/m0/s1. The van der Waals surface area contributed by atoms with Crippen molar-refractivity contribution in [3.63, 3.8) is 0 Å². The van der Waals surface area contributed by atoms with Crippen LogP contribution < -0.4 is 0 Å². The molecule has 0 bridgehead atoms. The SMILES string of the molecule is C[C@]12O[C@H]1[C@@H](O)C(Br)=C(CO)[C@H]2O. The molecule has 1 fully saturated rings. The zero-order chi connectivity index (χ0) is 9.80. The van der Waals surface area contributed by atoms with Crippen LogP contribution in [0.1, 0.15) is 6.92 Å². The number of hydrogen-bond donors (Lipinski definition) is 3. The van der Waals surface area contributed by atoms with Crippen molar-refractivity contribution in [2.45, 2.75) is 30.8 Å². The van der Waals surface area contributed by atoms with Crippen LogP contribution in [0.2, 0.25) is 0 Å². The number of ether oxygens (including phenoxy) is 1. The van der Waals surface area contributed by atoms with Gasteiger partial charge in [-0.2, -0.15) is 0 Å². The molecule has 0 amide bonds. The summed E-state index contributed by atoms with van der Waals surface area (Å²) >= 11 is 3.14. The van der Waals surface area contributed by atoms with Gasteiger partial charge in [-0.15, -0.1) is 0 Å². The third-order valence-corrected chi connectivity index (χ3v) is 3.76. The molecule has 1 saturated heterocycles. The highest BCUT2D eigenvalue weighted by Crippen LogP contribution is 2.50. The smallest absolute Gasteiger partial charge is 0.125 e. The molecule has 2 aliphatic rings. The molecule has 0 spiro atoms. The molecule has 3 N–H and O–H groups in total. The third-order valence-electron chi connectivity index (χ3n) is 2.79. The molecule has 1 heterocycles. The first-order valence-electron chi connectivity index (χ1n) is 4.05. The summed E-state index contributed by atoms with van der Waals surface area (Å²) in [6.45, 7) is 1.45. The molecule has 1 aliphatic heterocycles. The lowest BCUT2D eigenvalue weighted by Crippen LogP contribution is -2.41. The largest absolute Gasteiger partial charge is 0.392 e. The van der Waals surface area contributed by atoms with Gasteiger partial charge in [0, 0.05) is 4.48 Å². The van der Waals surface area contributed by atoms with Crippen LogP contribution in [0, 0.1) is 0 Å². The van der Waals surface area contributed by atoms with Crippen molar-refractivity contribution in [3.8, 4) is 0 Å². The average Bonchev–Trinajstić information content (AvgIpc) is 2.78. The van der Waals surface area contributed by atoms with Gasteiger partial charge in [-0.25, -0.2) is 0 Å². The average molecular weight is 251 g/mol. The molecule has 4 nitrogen and oxygen atoms in total. The van der Waals surface area contributed by atoms with Crippen LogP contribution >= 0.6 is 15.9 Å². The fourth-order valence-corrected chi connectivity index (χ4v) is 2.38. The molecule has 0 saturated carbocycles. The van der Waals surface area contributed by atoms with E-state index in [4.69, 9.17) is 9.84 Å². The van der Waals surface area contributed by atoms with E-state index in [0.717, 1.165) is 0 Å². The van der Waals surface area contributed by atoms with E-state index in [1.807, 2.05) is 0 Å². The molecule has 4 atom stereocenters. The lowest BCUT2D eigenvalue weighted by molar-refractivity contribution is 0.0990. The Bertz CT molecular complexity index is 277. The molecule has 0 unspecified atom stereocenters. The lowest BCUT2D eigenvalue weighted by atomic mass is 9.86. The Hall–Kier alpha value is 0.0600. The van der Waals surface area contributed by atoms with Crippen LogP contribution in [0.3, 0.4) is 0 Å². The van der Waals surface area contributed by atoms with Gasteiger partial charge in [0.05, 0.1) is 6.61 Å². The summed E-state index contributed by atoms with van der Waals surface area (Å²) < 4.78 is 5.66. The van der Waals surface area contributed by atoms with E-state index < -0.39 is 17.8 Å². The summed E-state index contributed by atoms with van der Waals surface area (Å²) in [5.74, 6) is 0. The third kappa shape index (κ3) is 1.12. The molecule has 0 radical (unpaired) electrons. The van der Waals surface area contributed by atoms with Gasteiger partial charge in [-0.3, -0.25) is 0 Å². The fourth-order valence-electron chi connectivity index (χ4n) is 1.80. The summed E-state index contributed by atoms with van der Waals surface area (Å²) in [7, 11) is 0. The quantitative estimate of drug-likeness (QED) is 0.550. The second-order valence-corrected chi connectivity index (χ2v) is 4.46. The van der Waals surface area contributed by atoms with Crippen molar-refractivity contribution in [3.05, 3.63) is 10.1 Å². The Balaban J connectivity index is 2.38. The predicted molar refractivity (Wildman–Crippen MR) is 48.3 cm³/mol. The molecule has 0 aromatic heterocycles. The van der Waals surface area contributed by atoms with Crippen molar-refractivity contribution in [2.24, 2.45) is 0 Å². The maximum atomic E-state index is 9.74. The highest BCUT2D eigenvalue weighted by molar-refractivity contribution is 9.11. The van der Waals surface area contributed by atoms with Crippen molar-refractivity contribution in [2.75, 3.05) is 6.61 Å². The topological polar surface area (TPSA) is 73.2 Å². The molecule has 5 heteroatoms. The van der Waals surface area contributed by atoms with Gasteiger partial charge < -0.3 is 20.1 Å². The maximum absolute atomic E-state index is 9.74. The summed E-state index contributed by atoms with van der Waals surface area (Å²) in [5, 5.41) is 28.3. The second-order valence-electron chi connectivity index (χ2n) is 3.60. The second kappa shape index (κ2) is 2.77. The highest BCUT2D eigenvalue weighted by Gasteiger charge is 2.65. The van der Waals surface area contributed by atoms with E-state index in [2.05, 4.69) is 15.9 Å². The normalized spacial score (nSPS) is 49.2. The predicted octanol–water partition coefficient (Wildman–Crippen LogP) is -0.479.